The van der Waals surface area contributed by atoms with E-state index in [1.807, 2.05) is 12.3 Å². The third kappa shape index (κ3) is 5.64. The van der Waals surface area contributed by atoms with Gasteiger partial charge in [-0.1, -0.05) is 0 Å². The average molecular weight is 394 g/mol. The van der Waals surface area contributed by atoms with Gasteiger partial charge in [-0.3, -0.25) is 9.59 Å². The van der Waals surface area contributed by atoms with Gasteiger partial charge in [0, 0.05) is 6.20 Å². The fourth-order valence-electron chi connectivity index (χ4n) is 2.80. The van der Waals surface area contributed by atoms with E-state index in [1.165, 1.54) is 4.90 Å². The number of nitrogens with zero attached hydrogens (tertiary/aromatic N) is 1. The molecule has 27 heavy (non-hydrogen) atoms. The molecule has 2 N–H and O–H groups in total. The molecule has 1 aromatic carbocycles. The van der Waals surface area contributed by atoms with Crippen molar-refractivity contribution < 1.29 is 24.2 Å². The van der Waals surface area contributed by atoms with E-state index in [2.05, 4.69) is 5.32 Å². The third-order valence-corrected chi connectivity index (χ3v) is 4.96. The average Bonchev–Trinajstić information content (AvgIpc) is 2.82. The lowest BCUT2D eigenvalue weighted by Crippen LogP contribution is -2.44. The van der Waals surface area contributed by atoms with Crippen LogP contribution in [0.15, 0.2) is 18.3 Å². The van der Waals surface area contributed by atoms with Crippen LogP contribution in [0.25, 0.3) is 6.08 Å². The first-order valence-corrected chi connectivity index (χ1v) is 10.0. The van der Waals surface area contributed by atoms with Gasteiger partial charge in [0.05, 0.1) is 33.3 Å². The summed E-state index contributed by atoms with van der Waals surface area (Å²) in [7, 11) is 3.10. The molecule has 0 bridgehead atoms. The number of nitrogens with one attached hydrogen (secondary N) is 1. The van der Waals surface area contributed by atoms with E-state index in [1.54, 1.807) is 44.3 Å². The smallest absolute Gasteiger partial charge is 0.240 e. The highest BCUT2D eigenvalue weighted by Gasteiger charge is 2.22. The molecule has 0 aromatic heterocycles. The first-order chi connectivity index (χ1) is 13.0. The number of carbonyl (C=O) groups is 2. The number of hydrogen-bond donors (Lipinski definition) is 2. The lowest BCUT2D eigenvalue weighted by molar-refractivity contribution is -0.133. The molecule has 0 spiro atoms. The SMILES string of the molecule is COc1cc2c(cc1OC)CC(=O)N(CC(=O)NC(CO)CCSC)C=C2. The van der Waals surface area contributed by atoms with E-state index >= 15 is 0 Å². The molecule has 1 unspecified atom stereocenters. The summed E-state index contributed by atoms with van der Waals surface area (Å²) in [5.41, 5.74) is 1.65. The lowest BCUT2D eigenvalue weighted by Gasteiger charge is -2.20. The zero-order valence-corrected chi connectivity index (χ0v) is 16.7. The van der Waals surface area contributed by atoms with E-state index < -0.39 is 0 Å². The van der Waals surface area contributed by atoms with Gasteiger partial charge in [-0.15, -0.1) is 0 Å². The molecular formula is C19H26N2O5S. The van der Waals surface area contributed by atoms with Crippen LogP contribution < -0.4 is 14.8 Å². The summed E-state index contributed by atoms with van der Waals surface area (Å²) in [5, 5.41) is 12.2. The molecule has 1 heterocycles. The Balaban J connectivity index is 2.08. The van der Waals surface area contributed by atoms with Gasteiger partial charge in [-0.25, -0.2) is 0 Å². The summed E-state index contributed by atoms with van der Waals surface area (Å²) < 4.78 is 10.6. The van der Waals surface area contributed by atoms with Gasteiger partial charge >= 0.3 is 0 Å². The normalized spacial score (nSPS) is 14.4. The number of aliphatic hydroxyl groups excluding tert-OH is 1. The van der Waals surface area contributed by atoms with Crippen molar-refractivity contribution >= 4 is 29.7 Å². The highest BCUT2D eigenvalue weighted by molar-refractivity contribution is 7.98. The summed E-state index contributed by atoms with van der Waals surface area (Å²) in [4.78, 5) is 26.2. The molecule has 1 aromatic rings. The number of methoxy groups -OCH3 is 2. The van der Waals surface area contributed by atoms with Crippen molar-refractivity contribution in [1.29, 1.82) is 0 Å². The summed E-state index contributed by atoms with van der Waals surface area (Å²) in [6.45, 7) is -0.214. The monoisotopic (exact) mass is 394 g/mol. The van der Waals surface area contributed by atoms with Crippen LogP contribution in [0.3, 0.4) is 0 Å². The molecule has 0 fully saturated rings. The number of benzene rings is 1. The highest BCUT2D eigenvalue weighted by Crippen LogP contribution is 2.32. The zero-order valence-electron chi connectivity index (χ0n) is 15.9. The van der Waals surface area contributed by atoms with Crippen LogP contribution >= 0.6 is 11.8 Å². The minimum absolute atomic E-state index is 0.0899. The van der Waals surface area contributed by atoms with Gasteiger partial charge in [-0.2, -0.15) is 11.8 Å². The Kier molecular flexibility index (Phi) is 7.99. The maximum absolute atomic E-state index is 12.6. The van der Waals surface area contributed by atoms with Crippen LogP contribution in [-0.4, -0.2) is 67.2 Å². The Morgan fingerprint density at radius 3 is 2.67 bits per heavy atom. The maximum atomic E-state index is 12.6. The van der Waals surface area contributed by atoms with Gasteiger partial charge in [0.2, 0.25) is 11.8 Å². The molecule has 1 aliphatic heterocycles. The van der Waals surface area contributed by atoms with Gasteiger partial charge in [0.15, 0.2) is 11.5 Å². The highest BCUT2D eigenvalue weighted by atomic mass is 32.2. The van der Waals surface area contributed by atoms with Crippen molar-refractivity contribution in [2.24, 2.45) is 0 Å². The molecule has 8 heteroatoms. The fourth-order valence-corrected chi connectivity index (χ4v) is 3.32. The van der Waals surface area contributed by atoms with E-state index in [0.29, 0.717) is 17.9 Å². The minimum Gasteiger partial charge on any atom is -0.493 e. The second-order valence-corrected chi connectivity index (χ2v) is 7.13. The van der Waals surface area contributed by atoms with Crippen LogP contribution in [0.4, 0.5) is 0 Å². The molecule has 7 nitrogen and oxygen atoms in total. The van der Waals surface area contributed by atoms with Crippen LogP contribution in [0, 0.1) is 0 Å². The van der Waals surface area contributed by atoms with Crippen molar-refractivity contribution in [2.75, 3.05) is 39.4 Å². The Bertz CT molecular complexity index is 708. The number of hydrogen-bond acceptors (Lipinski definition) is 6. The minimum atomic E-state index is -0.304. The van der Waals surface area contributed by atoms with E-state index in [0.717, 1.165) is 16.9 Å². The molecule has 0 saturated carbocycles. The third-order valence-electron chi connectivity index (χ3n) is 4.31. The largest absolute Gasteiger partial charge is 0.493 e. The van der Waals surface area contributed by atoms with Crippen LogP contribution in [0.1, 0.15) is 17.5 Å². The number of carbonyl (C=O) groups excluding carboxylic acids is 2. The van der Waals surface area contributed by atoms with Crippen molar-refractivity contribution in [1.82, 2.24) is 10.2 Å². The Hall–Kier alpha value is -2.19. The summed E-state index contributed by atoms with van der Waals surface area (Å²) in [5.74, 6) is 1.50. The van der Waals surface area contributed by atoms with Crippen LogP contribution in [0.5, 0.6) is 11.5 Å². The number of rotatable bonds is 9. The zero-order chi connectivity index (χ0) is 19.8. The van der Waals surface area contributed by atoms with Crippen molar-refractivity contribution in [2.45, 2.75) is 18.9 Å². The van der Waals surface area contributed by atoms with Crippen LogP contribution in [0.2, 0.25) is 0 Å². The number of thioether (sulfide) groups is 1. The van der Waals surface area contributed by atoms with Crippen molar-refractivity contribution in [3.63, 3.8) is 0 Å². The Labute approximate surface area is 163 Å². The quantitative estimate of drug-likeness (QED) is 0.656. The van der Waals surface area contributed by atoms with Gasteiger partial charge in [-0.05, 0) is 47.8 Å². The first kappa shape index (κ1) is 21.1. The molecule has 1 atom stereocenters. The van der Waals surface area contributed by atoms with Crippen molar-refractivity contribution in [3.8, 4) is 11.5 Å². The Morgan fingerprint density at radius 1 is 1.33 bits per heavy atom. The first-order valence-electron chi connectivity index (χ1n) is 8.64. The molecule has 0 saturated heterocycles. The van der Waals surface area contributed by atoms with E-state index in [9.17, 15) is 14.7 Å². The van der Waals surface area contributed by atoms with Gasteiger partial charge < -0.3 is 24.8 Å². The summed E-state index contributed by atoms with van der Waals surface area (Å²) in [6, 6.07) is 3.29. The second-order valence-electron chi connectivity index (χ2n) is 6.15. The molecule has 1 aliphatic rings. The summed E-state index contributed by atoms with van der Waals surface area (Å²) >= 11 is 1.65. The predicted octanol–water partition coefficient (Wildman–Crippen LogP) is 1.29. The van der Waals surface area contributed by atoms with E-state index in [-0.39, 0.29) is 37.4 Å². The topological polar surface area (TPSA) is 88.1 Å². The fraction of sp³-hybridized carbons (Fsp3) is 0.474. The molecule has 0 aliphatic carbocycles. The van der Waals surface area contributed by atoms with Crippen molar-refractivity contribution in [3.05, 3.63) is 29.5 Å². The van der Waals surface area contributed by atoms with Crippen LogP contribution in [-0.2, 0) is 16.0 Å². The standard InChI is InChI=1S/C19H26N2O5S/c1-25-16-8-13-4-6-21(19(24)10-14(13)9-17(16)26-2)11-18(23)20-15(12-22)5-7-27-3/h4,6,8-9,15,22H,5,7,10-12H2,1-3H3,(H,20,23). The number of fused-ring (bicyclic) bond motifs is 1. The second kappa shape index (κ2) is 10.2. The van der Waals surface area contributed by atoms with Gasteiger partial charge in [0.25, 0.3) is 0 Å². The number of aliphatic hydroxyl groups is 1. The maximum Gasteiger partial charge on any atom is 0.240 e. The molecular weight excluding hydrogens is 368 g/mol. The Morgan fingerprint density at radius 2 is 2.04 bits per heavy atom. The predicted molar refractivity (Wildman–Crippen MR) is 106 cm³/mol. The molecule has 148 valence electrons. The van der Waals surface area contributed by atoms with E-state index in [4.69, 9.17) is 9.47 Å². The summed E-state index contributed by atoms with van der Waals surface area (Å²) in [6.07, 6.45) is 6.20. The number of amides is 2. The molecule has 2 rings (SSSR count). The lowest BCUT2D eigenvalue weighted by atomic mass is 10.0. The number of ether oxygens (including phenoxy) is 2. The molecule has 2 amide bonds. The molecule has 0 radical (unpaired) electrons. The van der Waals surface area contributed by atoms with Gasteiger partial charge in [0.1, 0.15) is 6.54 Å².